The largest absolute Gasteiger partial charge is 0.340 e. The monoisotopic (exact) mass is 194 g/mol. The third-order valence-electron chi connectivity index (χ3n) is 1.89. The van der Waals surface area contributed by atoms with Crippen LogP contribution in [0.3, 0.4) is 0 Å². The second-order valence-electron chi connectivity index (χ2n) is 2.72. The van der Waals surface area contributed by atoms with E-state index in [0.29, 0.717) is 10.8 Å². The predicted molar refractivity (Wildman–Crippen MR) is 52.2 cm³/mol. The van der Waals surface area contributed by atoms with Gasteiger partial charge in [-0.3, -0.25) is 0 Å². The van der Waals surface area contributed by atoms with Gasteiger partial charge in [-0.2, -0.15) is 0 Å². The molecule has 1 N–H and O–H groups in total. The first kappa shape index (κ1) is 8.35. The minimum absolute atomic E-state index is 0.378. The van der Waals surface area contributed by atoms with Crippen LogP contribution >= 0.6 is 11.6 Å². The Balaban J connectivity index is 2.81. The van der Waals surface area contributed by atoms with Gasteiger partial charge in [0, 0.05) is 16.5 Å². The van der Waals surface area contributed by atoms with Crippen LogP contribution in [0.5, 0.6) is 5.75 Å². The molecule has 2 rings (SSSR count). The minimum atomic E-state index is 0.378. The van der Waals surface area contributed by atoms with Crippen molar-refractivity contribution >= 4 is 22.4 Å². The Bertz CT molecular complexity index is 440. The Hall–Kier alpha value is -1.25. The van der Waals surface area contributed by atoms with E-state index >= 15 is 0 Å². The Kier molecular flexibility index (Phi) is 2.08. The van der Waals surface area contributed by atoms with Gasteiger partial charge < -0.3 is 4.89 Å². The van der Waals surface area contributed by atoms with Gasteiger partial charge in [-0.15, -0.1) is 0 Å². The number of fused-ring (bicyclic) bond motifs is 1. The van der Waals surface area contributed by atoms with Crippen molar-refractivity contribution in [3.63, 3.8) is 0 Å². The highest BCUT2D eigenvalue weighted by Crippen LogP contribution is 2.29. The van der Waals surface area contributed by atoms with Crippen molar-refractivity contribution in [1.29, 1.82) is 0 Å². The van der Waals surface area contributed by atoms with Crippen molar-refractivity contribution in [2.45, 2.75) is 0 Å². The lowest BCUT2D eigenvalue weighted by atomic mass is 10.1. The first-order valence-electron chi connectivity index (χ1n) is 3.81. The summed E-state index contributed by atoms with van der Waals surface area (Å²) in [6.07, 6.45) is 0. The average Bonchev–Trinajstić information content (AvgIpc) is 2.16. The summed E-state index contributed by atoms with van der Waals surface area (Å²) in [5.74, 6) is 0.378. The van der Waals surface area contributed by atoms with Gasteiger partial charge in [-0.1, -0.05) is 35.9 Å². The lowest BCUT2D eigenvalue weighted by Crippen LogP contribution is -1.85. The SMILES string of the molecule is OOc1cc(Cl)cc2ccccc12. The fourth-order valence-electron chi connectivity index (χ4n) is 1.32. The molecular weight excluding hydrogens is 188 g/mol. The van der Waals surface area contributed by atoms with Crippen LogP contribution in [0, 0.1) is 0 Å². The zero-order chi connectivity index (χ0) is 9.26. The van der Waals surface area contributed by atoms with E-state index in [1.54, 1.807) is 6.07 Å². The maximum atomic E-state index is 8.60. The fourth-order valence-corrected chi connectivity index (χ4v) is 1.53. The number of rotatable bonds is 1. The summed E-state index contributed by atoms with van der Waals surface area (Å²) < 4.78 is 0. The smallest absolute Gasteiger partial charge is 0.174 e. The van der Waals surface area contributed by atoms with Crippen molar-refractivity contribution in [2.24, 2.45) is 0 Å². The van der Waals surface area contributed by atoms with E-state index in [0.717, 1.165) is 10.8 Å². The maximum Gasteiger partial charge on any atom is 0.174 e. The highest BCUT2D eigenvalue weighted by Gasteiger charge is 2.02. The van der Waals surface area contributed by atoms with Crippen LogP contribution in [0.25, 0.3) is 10.8 Å². The van der Waals surface area contributed by atoms with E-state index in [9.17, 15) is 0 Å². The van der Waals surface area contributed by atoms with Crippen LogP contribution in [0.2, 0.25) is 5.02 Å². The summed E-state index contributed by atoms with van der Waals surface area (Å²) in [5.41, 5.74) is 0. The van der Waals surface area contributed by atoms with Crippen LogP contribution in [0.15, 0.2) is 36.4 Å². The van der Waals surface area contributed by atoms with Gasteiger partial charge in [0.15, 0.2) is 5.75 Å². The van der Waals surface area contributed by atoms with Crippen molar-refractivity contribution in [3.8, 4) is 5.75 Å². The molecule has 0 aliphatic carbocycles. The highest BCUT2D eigenvalue weighted by atomic mass is 35.5. The molecule has 2 aromatic rings. The van der Waals surface area contributed by atoms with Crippen molar-refractivity contribution in [1.82, 2.24) is 0 Å². The molecule has 13 heavy (non-hydrogen) atoms. The molecule has 0 saturated carbocycles. The molecular formula is C10H7ClO2. The Morgan fingerprint density at radius 2 is 1.92 bits per heavy atom. The molecule has 0 bridgehead atoms. The lowest BCUT2D eigenvalue weighted by Gasteiger charge is -2.03. The van der Waals surface area contributed by atoms with Gasteiger partial charge in [0.25, 0.3) is 0 Å². The molecule has 0 aliphatic heterocycles. The summed E-state index contributed by atoms with van der Waals surface area (Å²) in [7, 11) is 0. The summed E-state index contributed by atoms with van der Waals surface area (Å²) >= 11 is 5.81. The van der Waals surface area contributed by atoms with Crippen molar-refractivity contribution in [3.05, 3.63) is 41.4 Å². The lowest BCUT2D eigenvalue weighted by molar-refractivity contribution is -0.136. The molecule has 0 spiro atoms. The molecule has 0 heterocycles. The first-order chi connectivity index (χ1) is 6.31. The molecule has 0 aliphatic rings. The van der Waals surface area contributed by atoms with Crippen molar-refractivity contribution < 1.29 is 10.1 Å². The van der Waals surface area contributed by atoms with E-state index < -0.39 is 0 Å². The van der Waals surface area contributed by atoms with Gasteiger partial charge in [0.05, 0.1) is 0 Å². The van der Waals surface area contributed by atoms with E-state index in [2.05, 4.69) is 4.89 Å². The predicted octanol–water partition coefficient (Wildman–Crippen LogP) is 3.35. The molecule has 0 unspecified atom stereocenters. The molecule has 0 aromatic heterocycles. The van der Waals surface area contributed by atoms with E-state index in [-0.39, 0.29) is 0 Å². The second-order valence-corrected chi connectivity index (χ2v) is 3.15. The third kappa shape index (κ3) is 1.46. The average molecular weight is 195 g/mol. The molecule has 0 radical (unpaired) electrons. The Labute approximate surface area is 80.3 Å². The molecule has 0 atom stereocenters. The van der Waals surface area contributed by atoms with Gasteiger partial charge in [0.2, 0.25) is 0 Å². The Morgan fingerprint density at radius 1 is 1.15 bits per heavy atom. The van der Waals surface area contributed by atoms with Gasteiger partial charge in [0.1, 0.15) is 0 Å². The number of hydrogen-bond acceptors (Lipinski definition) is 2. The van der Waals surface area contributed by atoms with Crippen LogP contribution < -0.4 is 4.89 Å². The summed E-state index contributed by atoms with van der Waals surface area (Å²) in [6, 6.07) is 10.9. The minimum Gasteiger partial charge on any atom is -0.340 e. The first-order valence-corrected chi connectivity index (χ1v) is 4.19. The van der Waals surface area contributed by atoms with Gasteiger partial charge in [-0.05, 0) is 11.5 Å². The zero-order valence-electron chi connectivity index (χ0n) is 6.70. The third-order valence-corrected chi connectivity index (χ3v) is 2.11. The standard InChI is InChI=1S/C10H7ClO2/c11-8-5-7-3-1-2-4-9(7)10(6-8)13-12/h1-6,12H. The topological polar surface area (TPSA) is 29.5 Å². The zero-order valence-corrected chi connectivity index (χ0v) is 7.45. The second kappa shape index (κ2) is 3.24. The highest BCUT2D eigenvalue weighted by molar-refractivity contribution is 6.31. The Morgan fingerprint density at radius 3 is 2.69 bits per heavy atom. The molecule has 2 nitrogen and oxygen atoms in total. The van der Waals surface area contributed by atoms with Crippen LogP contribution in [0.1, 0.15) is 0 Å². The van der Waals surface area contributed by atoms with Gasteiger partial charge >= 0.3 is 0 Å². The number of benzene rings is 2. The fraction of sp³-hybridized carbons (Fsp3) is 0. The van der Waals surface area contributed by atoms with E-state index in [1.165, 1.54) is 0 Å². The normalized spacial score (nSPS) is 10.3. The number of hydrogen-bond donors (Lipinski definition) is 1. The van der Waals surface area contributed by atoms with E-state index in [1.807, 2.05) is 30.3 Å². The summed E-state index contributed by atoms with van der Waals surface area (Å²) in [4.78, 5) is 4.22. The number of halogens is 1. The van der Waals surface area contributed by atoms with Gasteiger partial charge in [-0.25, -0.2) is 5.26 Å². The molecule has 2 aromatic carbocycles. The summed E-state index contributed by atoms with van der Waals surface area (Å²) in [5, 5.41) is 10.9. The van der Waals surface area contributed by atoms with Crippen LogP contribution in [0.4, 0.5) is 0 Å². The molecule has 66 valence electrons. The molecule has 0 saturated heterocycles. The maximum absolute atomic E-state index is 8.60. The van der Waals surface area contributed by atoms with E-state index in [4.69, 9.17) is 16.9 Å². The molecule has 0 amide bonds. The quantitative estimate of drug-likeness (QED) is 0.557. The van der Waals surface area contributed by atoms with Crippen LogP contribution in [-0.4, -0.2) is 5.26 Å². The van der Waals surface area contributed by atoms with Crippen molar-refractivity contribution in [2.75, 3.05) is 0 Å². The molecule has 0 fully saturated rings. The van der Waals surface area contributed by atoms with Crippen LogP contribution in [-0.2, 0) is 0 Å². The summed E-state index contributed by atoms with van der Waals surface area (Å²) in [6.45, 7) is 0. The molecule has 3 heteroatoms.